The van der Waals surface area contributed by atoms with Crippen LogP contribution in [0.15, 0.2) is 12.2 Å². The van der Waals surface area contributed by atoms with Gasteiger partial charge < -0.3 is 10.4 Å². The Balaban J connectivity index is 1.84. The number of rotatable bonds is 18. The first-order chi connectivity index (χ1) is 14.6. The lowest BCUT2D eigenvalue weighted by Gasteiger charge is -2.26. The number of carbonyl (C=O) groups is 2. The SMILES string of the molecule is CCCCCCCC/C=C\CCCCCCCC(=O)NC[C@H]1CC[C@H](C(=O)O)CC1. The number of carboxylic acid groups (broad SMARTS) is 1. The molecule has 1 saturated carbocycles. The van der Waals surface area contributed by atoms with E-state index in [0.29, 0.717) is 12.3 Å². The lowest BCUT2D eigenvalue weighted by molar-refractivity contribution is -0.143. The van der Waals surface area contributed by atoms with Gasteiger partial charge in [0.15, 0.2) is 0 Å². The predicted molar refractivity (Wildman–Crippen MR) is 126 cm³/mol. The first-order valence-corrected chi connectivity index (χ1v) is 12.8. The van der Waals surface area contributed by atoms with E-state index in [2.05, 4.69) is 24.4 Å². The average molecular weight is 422 g/mol. The van der Waals surface area contributed by atoms with Gasteiger partial charge in [-0.2, -0.15) is 0 Å². The number of carbonyl (C=O) groups excluding carboxylic acids is 1. The number of hydrogen-bond donors (Lipinski definition) is 2. The van der Waals surface area contributed by atoms with Crippen LogP contribution < -0.4 is 5.32 Å². The van der Waals surface area contributed by atoms with Crippen molar-refractivity contribution in [3.63, 3.8) is 0 Å². The third kappa shape index (κ3) is 14.6. The molecule has 0 aromatic rings. The molecule has 0 aromatic carbocycles. The number of nitrogens with one attached hydrogen (secondary N) is 1. The average Bonchev–Trinajstić information content (AvgIpc) is 2.75. The summed E-state index contributed by atoms with van der Waals surface area (Å²) in [6.45, 7) is 2.98. The molecule has 0 aromatic heterocycles. The molecule has 0 spiro atoms. The normalized spacial score (nSPS) is 19.2. The summed E-state index contributed by atoms with van der Waals surface area (Å²) in [5, 5.41) is 12.1. The van der Waals surface area contributed by atoms with Gasteiger partial charge in [-0.25, -0.2) is 0 Å². The van der Waals surface area contributed by atoms with Gasteiger partial charge in [0.2, 0.25) is 5.91 Å². The molecule has 1 aliphatic rings. The number of carboxylic acids is 1. The van der Waals surface area contributed by atoms with Gasteiger partial charge in [0.1, 0.15) is 0 Å². The zero-order valence-corrected chi connectivity index (χ0v) is 19.5. The van der Waals surface area contributed by atoms with Crippen molar-refractivity contribution in [2.24, 2.45) is 11.8 Å². The highest BCUT2D eigenvalue weighted by molar-refractivity contribution is 5.75. The van der Waals surface area contributed by atoms with Crippen LogP contribution in [-0.2, 0) is 9.59 Å². The molecule has 0 heterocycles. The predicted octanol–water partition coefficient (Wildman–Crippen LogP) is 7.03. The third-order valence-electron chi connectivity index (χ3n) is 6.45. The quantitative estimate of drug-likeness (QED) is 0.184. The van der Waals surface area contributed by atoms with Crippen molar-refractivity contribution < 1.29 is 14.7 Å². The largest absolute Gasteiger partial charge is 0.481 e. The summed E-state index contributed by atoms with van der Waals surface area (Å²) >= 11 is 0. The van der Waals surface area contributed by atoms with Gasteiger partial charge >= 0.3 is 5.97 Å². The van der Waals surface area contributed by atoms with Crippen LogP contribution in [0.25, 0.3) is 0 Å². The summed E-state index contributed by atoms with van der Waals surface area (Å²) in [5.41, 5.74) is 0. The van der Waals surface area contributed by atoms with Crippen molar-refractivity contribution >= 4 is 11.9 Å². The number of allylic oxidation sites excluding steroid dienone is 2. The molecule has 0 unspecified atom stereocenters. The maximum absolute atomic E-state index is 12.0. The first-order valence-electron chi connectivity index (χ1n) is 12.8. The standard InChI is InChI=1S/C26H47NO3/c1-2-3-4-5-6-7-8-9-10-11-12-13-14-15-16-17-25(28)27-22-23-18-20-24(21-19-23)26(29)30/h9-10,23-24H,2-8,11-22H2,1H3,(H,27,28)(H,29,30)/b10-9-/t23-,24-. The molecule has 0 saturated heterocycles. The Labute approximate surface area is 185 Å². The summed E-state index contributed by atoms with van der Waals surface area (Å²) in [7, 11) is 0. The smallest absolute Gasteiger partial charge is 0.306 e. The van der Waals surface area contributed by atoms with Crippen molar-refractivity contribution in [2.75, 3.05) is 6.54 Å². The summed E-state index contributed by atoms with van der Waals surface area (Å²) in [4.78, 5) is 23.0. The Morgan fingerprint density at radius 3 is 1.90 bits per heavy atom. The van der Waals surface area contributed by atoms with Gasteiger partial charge in [0, 0.05) is 13.0 Å². The highest BCUT2D eigenvalue weighted by Gasteiger charge is 2.25. The Kier molecular flexibility index (Phi) is 16.4. The highest BCUT2D eigenvalue weighted by Crippen LogP contribution is 2.28. The fraction of sp³-hybridized carbons (Fsp3) is 0.846. The van der Waals surface area contributed by atoms with Gasteiger partial charge in [-0.15, -0.1) is 0 Å². The lowest BCUT2D eigenvalue weighted by atomic mass is 9.82. The van der Waals surface area contributed by atoms with Gasteiger partial charge in [-0.1, -0.05) is 70.4 Å². The Hall–Kier alpha value is -1.32. The molecule has 0 radical (unpaired) electrons. The third-order valence-corrected chi connectivity index (χ3v) is 6.45. The van der Waals surface area contributed by atoms with Gasteiger partial charge in [0.25, 0.3) is 0 Å². The molecule has 30 heavy (non-hydrogen) atoms. The van der Waals surface area contributed by atoms with E-state index in [0.717, 1.165) is 45.1 Å². The summed E-state index contributed by atoms with van der Waals surface area (Å²) < 4.78 is 0. The van der Waals surface area contributed by atoms with Crippen molar-refractivity contribution in [1.82, 2.24) is 5.32 Å². The number of amides is 1. The van der Waals surface area contributed by atoms with Crippen LogP contribution in [0.5, 0.6) is 0 Å². The van der Waals surface area contributed by atoms with Crippen LogP contribution >= 0.6 is 0 Å². The number of aliphatic carboxylic acids is 1. The van der Waals surface area contributed by atoms with Crippen LogP contribution in [0.2, 0.25) is 0 Å². The molecule has 4 heteroatoms. The minimum Gasteiger partial charge on any atom is -0.481 e. The maximum Gasteiger partial charge on any atom is 0.306 e. The van der Waals surface area contributed by atoms with E-state index < -0.39 is 5.97 Å². The zero-order chi connectivity index (χ0) is 21.9. The van der Waals surface area contributed by atoms with E-state index in [1.54, 1.807) is 0 Å². The van der Waals surface area contributed by atoms with Crippen LogP contribution in [0.1, 0.15) is 122 Å². The van der Waals surface area contributed by atoms with E-state index in [1.807, 2.05) is 0 Å². The van der Waals surface area contributed by atoms with Crippen molar-refractivity contribution in [1.29, 1.82) is 0 Å². The van der Waals surface area contributed by atoms with E-state index in [9.17, 15) is 9.59 Å². The van der Waals surface area contributed by atoms with Crippen molar-refractivity contribution in [3.05, 3.63) is 12.2 Å². The second kappa shape index (κ2) is 18.4. The number of unbranched alkanes of at least 4 members (excludes halogenated alkanes) is 11. The van der Waals surface area contributed by atoms with Crippen LogP contribution in [0.3, 0.4) is 0 Å². The van der Waals surface area contributed by atoms with E-state index in [1.165, 1.54) is 70.6 Å². The Bertz CT molecular complexity index is 467. The van der Waals surface area contributed by atoms with E-state index in [4.69, 9.17) is 5.11 Å². The molecule has 0 bridgehead atoms. The Morgan fingerprint density at radius 2 is 1.33 bits per heavy atom. The lowest BCUT2D eigenvalue weighted by Crippen LogP contribution is -2.32. The molecular formula is C26H47NO3. The van der Waals surface area contributed by atoms with Gasteiger partial charge in [0.05, 0.1) is 5.92 Å². The molecule has 4 nitrogen and oxygen atoms in total. The Morgan fingerprint density at radius 1 is 0.800 bits per heavy atom. The molecule has 1 aliphatic carbocycles. The van der Waals surface area contributed by atoms with Crippen LogP contribution in [0, 0.1) is 11.8 Å². The first kappa shape index (κ1) is 26.7. The van der Waals surface area contributed by atoms with Crippen LogP contribution in [0.4, 0.5) is 0 Å². The monoisotopic (exact) mass is 421 g/mol. The molecule has 1 rings (SSSR count). The molecule has 1 fully saturated rings. The molecule has 0 atom stereocenters. The fourth-order valence-corrected chi connectivity index (χ4v) is 4.32. The van der Waals surface area contributed by atoms with Crippen molar-refractivity contribution in [3.8, 4) is 0 Å². The molecular weight excluding hydrogens is 374 g/mol. The second-order valence-corrected chi connectivity index (χ2v) is 9.19. The maximum atomic E-state index is 12.0. The summed E-state index contributed by atoms with van der Waals surface area (Å²) in [6.07, 6.45) is 25.2. The van der Waals surface area contributed by atoms with E-state index >= 15 is 0 Å². The minimum atomic E-state index is -0.665. The second-order valence-electron chi connectivity index (χ2n) is 9.19. The van der Waals surface area contributed by atoms with Gasteiger partial charge in [-0.05, 0) is 63.7 Å². The molecule has 2 N–H and O–H groups in total. The highest BCUT2D eigenvalue weighted by atomic mass is 16.4. The number of hydrogen-bond acceptors (Lipinski definition) is 2. The van der Waals surface area contributed by atoms with Crippen molar-refractivity contribution in [2.45, 2.75) is 122 Å². The summed E-state index contributed by atoms with van der Waals surface area (Å²) in [6, 6.07) is 0. The summed E-state index contributed by atoms with van der Waals surface area (Å²) in [5.74, 6) is -0.221. The zero-order valence-electron chi connectivity index (χ0n) is 19.5. The molecule has 174 valence electrons. The molecule has 1 amide bonds. The topological polar surface area (TPSA) is 66.4 Å². The molecule has 0 aliphatic heterocycles. The van der Waals surface area contributed by atoms with Gasteiger partial charge in [-0.3, -0.25) is 9.59 Å². The fourth-order valence-electron chi connectivity index (χ4n) is 4.32. The van der Waals surface area contributed by atoms with E-state index in [-0.39, 0.29) is 11.8 Å². The van der Waals surface area contributed by atoms with Crippen LogP contribution in [-0.4, -0.2) is 23.5 Å². The minimum absolute atomic E-state index is 0.160.